The zero-order chi connectivity index (χ0) is 16.2. The summed E-state index contributed by atoms with van der Waals surface area (Å²) in [7, 11) is 0. The smallest absolute Gasteiger partial charge is 0.270 e. The number of aryl methyl sites for hydroxylation is 1. The molecule has 1 aliphatic heterocycles. The third-order valence-electron chi connectivity index (χ3n) is 3.90. The van der Waals surface area contributed by atoms with Crippen molar-refractivity contribution in [2.45, 2.75) is 26.3 Å². The minimum Gasteiger partial charge on any atom is -0.347 e. The van der Waals surface area contributed by atoms with Crippen molar-refractivity contribution in [3.8, 4) is 0 Å². The second kappa shape index (κ2) is 6.60. The van der Waals surface area contributed by atoms with Gasteiger partial charge in [0, 0.05) is 30.9 Å². The van der Waals surface area contributed by atoms with E-state index in [-0.39, 0.29) is 11.8 Å². The fourth-order valence-electron chi connectivity index (χ4n) is 2.66. The molecule has 5 nitrogen and oxygen atoms in total. The summed E-state index contributed by atoms with van der Waals surface area (Å²) in [5, 5.41) is 2.86. The van der Waals surface area contributed by atoms with Crippen LogP contribution in [0.4, 0.5) is 5.69 Å². The van der Waals surface area contributed by atoms with Crippen molar-refractivity contribution < 1.29 is 9.59 Å². The normalized spacial score (nSPS) is 14.1. The summed E-state index contributed by atoms with van der Waals surface area (Å²) in [6, 6.07) is 13.1. The van der Waals surface area contributed by atoms with E-state index in [0.717, 1.165) is 29.9 Å². The van der Waals surface area contributed by atoms with Crippen LogP contribution < -0.4 is 10.2 Å². The molecule has 1 aromatic heterocycles. The molecule has 2 amide bonds. The number of aromatic nitrogens is 1. The molecule has 1 aliphatic rings. The fraction of sp³-hybridized carbons (Fsp3) is 0.278. The van der Waals surface area contributed by atoms with Crippen LogP contribution in [-0.4, -0.2) is 23.3 Å². The average Bonchev–Trinajstić information content (AvgIpc) is 2.99. The van der Waals surface area contributed by atoms with E-state index in [1.807, 2.05) is 43.3 Å². The zero-order valence-electron chi connectivity index (χ0n) is 13.1. The summed E-state index contributed by atoms with van der Waals surface area (Å²) in [5.74, 6) is -0.0101. The third-order valence-corrected chi connectivity index (χ3v) is 3.90. The molecular weight excluding hydrogens is 290 g/mol. The van der Waals surface area contributed by atoms with Crippen molar-refractivity contribution in [1.29, 1.82) is 0 Å². The summed E-state index contributed by atoms with van der Waals surface area (Å²) < 4.78 is 0. The Bertz CT molecular complexity index is 725. The summed E-state index contributed by atoms with van der Waals surface area (Å²) in [6.07, 6.45) is 1.54. The Balaban J connectivity index is 1.60. The molecule has 5 heteroatoms. The molecule has 0 radical (unpaired) electrons. The predicted molar refractivity (Wildman–Crippen MR) is 88.2 cm³/mol. The van der Waals surface area contributed by atoms with Crippen LogP contribution in [-0.2, 0) is 11.3 Å². The van der Waals surface area contributed by atoms with Crippen LogP contribution in [0.3, 0.4) is 0 Å². The molecule has 1 N–H and O–H groups in total. The number of carbonyl (C=O) groups is 2. The highest BCUT2D eigenvalue weighted by atomic mass is 16.2. The Morgan fingerprint density at radius 3 is 2.65 bits per heavy atom. The molecule has 0 bridgehead atoms. The van der Waals surface area contributed by atoms with E-state index in [4.69, 9.17) is 0 Å². The SMILES string of the molecule is Cc1cccc(C(=O)NCc2ccc(N3CCCC3=O)cc2)n1. The first-order valence-electron chi connectivity index (χ1n) is 7.74. The highest BCUT2D eigenvalue weighted by Gasteiger charge is 2.21. The van der Waals surface area contributed by atoms with Crippen molar-refractivity contribution >= 4 is 17.5 Å². The monoisotopic (exact) mass is 309 g/mol. The Morgan fingerprint density at radius 2 is 2.00 bits per heavy atom. The number of carbonyl (C=O) groups excluding carboxylic acids is 2. The minimum atomic E-state index is -0.188. The van der Waals surface area contributed by atoms with Crippen LogP contribution in [0.1, 0.15) is 34.6 Å². The van der Waals surface area contributed by atoms with Gasteiger partial charge in [-0.3, -0.25) is 9.59 Å². The van der Waals surface area contributed by atoms with Crippen LogP contribution in [0.5, 0.6) is 0 Å². The van der Waals surface area contributed by atoms with Crippen LogP contribution in [0.25, 0.3) is 0 Å². The average molecular weight is 309 g/mol. The van der Waals surface area contributed by atoms with E-state index in [1.54, 1.807) is 11.0 Å². The number of rotatable bonds is 4. The second-order valence-corrected chi connectivity index (χ2v) is 5.66. The van der Waals surface area contributed by atoms with Crippen LogP contribution in [0.2, 0.25) is 0 Å². The Labute approximate surface area is 135 Å². The van der Waals surface area contributed by atoms with E-state index in [2.05, 4.69) is 10.3 Å². The first-order chi connectivity index (χ1) is 11.1. The minimum absolute atomic E-state index is 0.177. The van der Waals surface area contributed by atoms with Gasteiger partial charge in [-0.1, -0.05) is 18.2 Å². The fourth-order valence-corrected chi connectivity index (χ4v) is 2.66. The maximum Gasteiger partial charge on any atom is 0.270 e. The highest BCUT2D eigenvalue weighted by molar-refractivity contribution is 5.95. The Morgan fingerprint density at radius 1 is 1.22 bits per heavy atom. The van der Waals surface area contributed by atoms with Gasteiger partial charge < -0.3 is 10.2 Å². The first-order valence-corrected chi connectivity index (χ1v) is 7.74. The topological polar surface area (TPSA) is 62.3 Å². The molecule has 2 aromatic rings. The van der Waals surface area contributed by atoms with Gasteiger partial charge >= 0.3 is 0 Å². The molecule has 0 unspecified atom stereocenters. The number of anilines is 1. The zero-order valence-corrected chi connectivity index (χ0v) is 13.1. The van der Waals surface area contributed by atoms with Crippen molar-refractivity contribution in [3.05, 3.63) is 59.4 Å². The van der Waals surface area contributed by atoms with Gasteiger partial charge in [0.15, 0.2) is 0 Å². The Hall–Kier alpha value is -2.69. The molecule has 1 aromatic carbocycles. The van der Waals surface area contributed by atoms with E-state index in [0.29, 0.717) is 18.7 Å². The lowest BCUT2D eigenvalue weighted by molar-refractivity contribution is -0.117. The molecule has 23 heavy (non-hydrogen) atoms. The van der Waals surface area contributed by atoms with Crippen LogP contribution in [0, 0.1) is 6.92 Å². The lowest BCUT2D eigenvalue weighted by Gasteiger charge is -2.16. The van der Waals surface area contributed by atoms with Crippen molar-refractivity contribution in [3.63, 3.8) is 0 Å². The molecule has 1 fully saturated rings. The molecule has 0 atom stereocenters. The largest absolute Gasteiger partial charge is 0.347 e. The van der Waals surface area contributed by atoms with E-state index < -0.39 is 0 Å². The summed E-state index contributed by atoms with van der Waals surface area (Å²) in [6.45, 7) is 3.08. The lowest BCUT2D eigenvalue weighted by Crippen LogP contribution is -2.25. The number of hydrogen-bond acceptors (Lipinski definition) is 3. The van der Waals surface area contributed by atoms with Gasteiger partial charge in [0.05, 0.1) is 0 Å². The van der Waals surface area contributed by atoms with Gasteiger partial charge in [-0.15, -0.1) is 0 Å². The number of amides is 2. The molecule has 1 saturated heterocycles. The van der Waals surface area contributed by atoms with Crippen molar-refractivity contribution in [1.82, 2.24) is 10.3 Å². The van der Waals surface area contributed by atoms with Gasteiger partial charge in [0.2, 0.25) is 5.91 Å². The molecule has 118 valence electrons. The molecule has 2 heterocycles. The van der Waals surface area contributed by atoms with Crippen molar-refractivity contribution in [2.24, 2.45) is 0 Å². The standard InChI is InChI=1S/C18H19N3O2/c1-13-4-2-5-16(20-13)18(23)19-12-14-7-9-15(10-8-14)21-11-3-6-17(21)22/h2,4-5,7-10H,3,6,11-12H2,1H3,(H,19,23). The third kappa shape index (κ3) is 3.56. The highest BCUT2D eigenvalue weighted by Crippen LogP contribution is 2.21. The van der Waals surface area contributed by atoms with E-state index >= 15 is 0 Å². The van der Waals surface area contributed by atoms with Gasteiger partial charge in [0.25, 0.3) is 5.91 Å². The summed E-state index contributed by atoms with van der Waals surface area (Å²) >= 11 is 0. The second-order valence-electron chi connectivity index (χ2n) is 5.66. The summed E-state index contributed by atoms with van der Waals surface area (Å²) in [5.41, 5.74) is 3.14. The van der Waals surface area contributed by atoms with Crippen LogP contribution in [0.15, 0.2) is 42.5 Å². The maximum atomic E-state index is 12.1. The van der Waals surface area contributed by atoms with Gasteiger partial charge in [0.1, 0.15) is 5.69 Å². The number of pyridine rings is 1. The molecule has 0 saturated carbocycles. The molecule has 0 spiro atoms. The number of nitrogens with one attached hydrogen (secondary N) is 1. The Kier molecular flexibility index (Phi) is 4.37. The molecular formula is C18H19N3O2. The predicted octanol–water partition coefficient (Wildman–Crippen LogP) is 2.45. The van der Waals surface area contributed by atoms with E-state index in [1.165, 1.54) is 0 Å². The van der Waals surface area contributed by atoms with Gasteiger partial charge in [-0.2, -0.15) is 0 Å². The van der Waals surface area contributed by atoms with Gasteiger partial charge in [-0.25, -0.2) is 4.98 Å². The summed E-state index contributed by atoms with van der Waals surface area (Å²) in [4.78, 5) is 29.8. The van der Waals surface area contributed by atoms with Gasteiger partial charge in [-0.05, 0) is 43.2 Å². The van der Waals surface area contributed by atoms with Crippen molar-refractivity contribution in [2.75, 3.05) is 11.4 Å². The maximum absolute atomic E-state index is 12.1. The number of nitrogens with zero attached hydrogens (tertiary/aromatic N) is 2. The molecule has 3 rings (SSSR count). The molecule has 0 aliphatic carbocycles. The number of benzene rings is 1. The quantitative estimate of drug-likeness (QED) is 0.943. The van der Waals surface area contributed by atoms with E-state index in [9.17, 15) is 9.59 Å². The lowest BCUT2D eigenvalue weighted by atomic mass is 10.2. The first kappa shape index (κ1) is 15.2. The number of hydrogen-bond donors (Lipinski definition) is 1. The van der Waals surface area contributed by atoms with Crippen LogP contribution >= 0.6 is 0 Å².